The van der Waals surface area contributed by atoms with Crippen LogP contribution in [-0.4, -0.2) is 35.9 Å². The van der Waals surface area contributed by atoms with Gasteiger partial charge in [-0.25, -0.2) is 27.1 Å². The van der Waals surface area contributed by atoms with Gasteiger partial charge in [0.2, 0.25) is 10.0 Å². The third kappa shape index (κ3) is 4.63. The second-order valence-corrected chi connectivity index (χ2v) is 12.1. The first kappa shape index (κ1) is 25.5. The molecule has 0 N–H and O–H groups in total. The Morgan fingerprint density at radius 1 is 0.921 bits per heavy atom. The maximum Gasteiger partial charge on any atom is 0.419 e. The van der Waals surface area contributed by atoms with Crippen molar-refractivity contribution in [1.82, 2.24) is 9.55 Å². The van der Waals surface area contributed by atoms with Crippen molar-refractivity contribution in [1.29, 1.82) is 0 Å². The van der Waals surface area contributed by atoms with Gasteiger partial charge in [0, 0.05) is 16.3 Å². The van der Waals surface area contributed by atoms with E-state index in [-0.39, 0.29) is 5.82 Å². The molecule has 0 radical (unpaired) electrons. The summed E-state index contributed by atoms with van der Waals surface area (Å²) in [6.45, 7) is 7.43. The zero-order chi connectivity index (χ0) is 27.2. The number of hydrogen-bond acceptors (Lipinski definition) is 5. The average molecular weight is 528 g/mol. The molecular weight excluding hydrogens is 498 g/mol. The lowest BCUT2D eigenvalue weighted by molar-refractivity contribution is 0.0551. The molecule has 0 saturated heterocycles. The van der Waals surface area contributed by atoms with Gasteiger partial charge in [-0.05, 0) is 51.5 Å². The fourth-order valence-corrected chi connectivity index (χ4v) is 5.67. The number of carbonyl (C=O) groups is 1. The molecule has 5 rings (SSSR count). The fourth-order valence-electron chi connectivity index (χ4n) is 4.71. The smallest absolute Gasteiger partial charge is 0.419 e. The van der Waals surface area contributed by atoms with Gasteiger partial charge in [0.05, 0.1) is 29.2 Å². The minimum absolute atomic E-state index is 0.254. The first-order valence-electron chi connectivity index (χ1n) is 12.2. The first-order valence-corrected chi connectivity index (χ1v) is 14.1. The van der Waals surface area contributed by atoms with Crippen LogP contribution in [0.3, 0.4) is 0 Å². The predicted octanol–water partition coefficient (Wildman–Crippen LogP) is 7.05. The Kier molecular flexibility index (Phi) is 6.23. The quantitative estimate of drug-likeness (QED) is 0.250. The summed E-state index contributed by atoms with van der Waals surface area (Å²) in [6.07, 6.45) is 2.18. The van der Waals surface area contributed by atoms with Crippen molar-refractivity contribution in [3.8, 4) is 11.1 Å². The van der Waals surface area contributed by atoms with Crippen molar-refractivity contribution in [3.63, 3.8) is 0 Å². The molecule has 2 aromatic heterocycles. The molecule has 0 amide bonds. The molecule has 0 spiro atoms. The van der Waals surface area contributed by atoms with E-state index in [1.54, 1.807) is 30.5 Å². The van der Waals surface area contributed by atoms with Gasteiger partial charge in [0.1, 0.15) is 5.60 Å². The zero-order valence-corrected chi connectivity index (χ0v) is 22.8. The minimum Gasteiger partial charge on any atom is -0.443 e. The van der Waals surface area contributed by atoms with Crippen LogP contribution >= 0.6 is 0 Å². The monoisotopic (exact) mass is 527 g/mol. The SMILES string of the molecule is Cc1cccc(-c2c(N(c3ccccc3)S(C)(=O)=O)ncc3c2c2ccccc2n3C(=O)OC(C)(C)C)c1. The van der Waals surface area contributed by atoms with E-state index in [0.717, 1.165) is 22.8 Å². The highest BCUT2D eigenvalue weighted by Gasteiger charge is 2.30. The standard InChI is InChI=1S/C30H29N3O4S/c1-20-12-11-13-21(18-20)26-27-23-16-9-10-17-24(23)32(29(34)37-30(2,3)4)25(27)19-31-28(26)33(38(5,35)36)22-14-7-6-8-15-22/h6-19H,1-5H3. The number of benzene rings is 3. The van der Waals surface area contributed by atoms with Gasteiger partial charge in [-0.1, -0.05) is 66.2 Å². The van der Waals surface area contributed by atoms with Crippen molar-refractivity contribution < 1.29 is 17.9 Å². The summed E-state index contributed by atoms with van der Waals surface area (Å²) in [4.78, 5) is 18.2. The Morgan fingerprint density at radius 2 is 1.61 bits per heavy atom. The van der Waals surface area contributed by atoms with Crippen LogP contribution < -0.4 is 4.31 Å². The Labute approximate surface area is 222 Å². The number of aromatic nitrogens is 2. The molecule has 8 heteroatoms. The number of sulfonamides is 1. The molecule has 7 nitrogen and oxygen atoms in total. The van der Waals surface area contributed by atoms with Gasteiger partial charge in [0.15, 0.2) is 5.82 Å². The number of nitrogens with zero attached hydrogens (tertiary/aromatic N) is 3. The number of aryl methyl sites for hydroxylation is 1. The highest BCUT2D eigenvalue weighted by atomic mass is 32.2. The lowest BCUT2D eigenvalue weighted by Gasteiger charge is -2.25. The Morgan fingerprint density at radius 3 is 2.26 bits per heavy atom. The molecule has 38 heavy (non-hydrogen) atoms. The number of carbonyl (C=O) groups excluding carboxylic acids is 1. The molecule has 0 fully saturated rings. The van der Waals surface area contributed by atoms with Gasteiger partial charge in [-0.3, -0.25) is 0 Å². The third-order valence-corrected chi connectivity index (χ3v) is 7.14. The summed E-state index contributed by atoms with van der Waals surface area (Å²) in [5, 5.41) is 1.50. The molecule has 3 aromatic carbocycles. The number of hydrogen-bond donors (Lipinski definition) is 0. The second kappa shape index (κ2) is 9.29. The summed E-state index contributed by atoms with van der Waals surface area (Å²) < 4.78 is 35.0. The van der Waals surface area contributed by atoms with Crippen LogP contribution in [0.15, 0.2) is 85.1 Å². The molecule has 0 aliphatic carbocycles. The summed E-state index contributed by atoms with van der Waals surface area (Å²) in [5.74, 6) is 0.254. The van der Waals surface area contributed by atoms with Crippen molar-refractivity contribution in [3.05, 3.63) is 90.6 Å². The summed E-state index contributed by atoms with van der Waals surface area (Å²) in [6, 6.07) is 24.2. The fraction of sp³-hybridized carbons (Fsp3) is 0.200. The van der Waals surface area contributed by atoms with Gasteiger partial charge in [0.25, 0.3) is 0 Å². The van der Waals surface area contributed by atoms with E-state index < -0.39 is 21.7 Å². The normalized spacial score (nSPS) is 12.1. The summed E-state index contributed by atoms with van der Waals surface area (Å²) >= 11 is 0. The number of fused-ring (bicyclic) bond motifs is 3. The summed E-state index contributed by atoms with van der Waals surface area (Å²) in [5.41, 5.74) is 3.34. The Bertz CT molecular complexity index is 1790. The van der Waals surface area contributed by atoms with Gasteiger partial charge in [-0.15, -0.1) is 0 Å². The van der Waals surface area contributed by atoms with Crippen LogP contribution in [0.4, 0.5) is 16.3 Å². The van der Waals surface area contributed by atoms with Crippen LogP contribution in [0.2, 0.25) is 0 Å². The van der Waals surface area contributed by atoms with Gasteiger partial charge < -0.3 is 4.74 Å². The van der Waals surface area contributed by atoms with Crippen molar-refractivity contribution in [2.45, 2.75) is 33.3 Å². The van der Waals surface area contributed by atoms with Crippen molar-refractivity contribution in [2.75, 3.05) is 10.6 Å². The van der Waals surface area contributed by atoms with Crippen LogP contribution in [0.1, 0.15) is 26.3 Å². The topological polar surface area (TPSA) is 81.5 Å². The molecule has 0 aliphatic heterocycles. The molecule has 194 valence electrons. The number of pyridine rings is 1. The molecule has 0 aliphatic rings. The van der Waals surface area contributed by atoms with Crippen LogP contribution in [0.25, 0.3) is 32.9 Å². The number of ether oxygens (including phenoxy) is 1. The van der Waals surface area contributed by atoms with Crippen molar-refractivity contribution in [2.24, 2.45) is 0 Å². The predicted molar refractivity (Wildman–Crippen MR) is 152 cm³/mol. The maximum atomic E-state index is 13.5. The van der Waals surface area contributed by atoms with E-state index in [1.807, 2.05) is 82.3 Å². The van der Waals surface area contributed by atoms with Crippen LogP contribution in [0, 0.1) is 6.92 Å². The van der Waals surface area contributed by atoms with Crippen LogP contribution in [0.5, 0.6) is 0 Å². The minimum atomic E-state index is -3.79. The average Bonchev–Trinajstić information content (AvgIpc) is 3.17. The number of anilines is 2. The highest BCUT2D eigenvalue weighted by molar-refractivity contribution is 7.92. The van der Waals surface area contributed by atoms with Gasteiger partial charge in [-0.2, -0.15) is 0 Å². The van der Waals surface area contributed by atoms with E-state index in [0.29, 0.717) is 27.7 Å². The summed E-state index contributed by atoms with van der Waals surface area (Å²) in [7, 11) is -3.79. The molecule has 0 bridgehead atoms. The largest absolute Gasteiger partial charge is 0.443 e. The first-order chi connectivity index (χ1) is 18.0. The van der Waals surface area contributed by atoms with E-state index in [1.165, 1.54) is 8.87 Å². The van der Waals surface area contributed by atoms with E-state index in [4.69, 9.17) is 9.72 Å². The Balaban J connectivity index is 1.95. The van der Waals surface area contributed by atoms with E-state index in [2.05, 4.69) is 0 Å². The number of para-hydroxylation sites is 2. The molecule has 0 atom stereocenters. The molecule has 0 saturated carbocycles. The van der Waals surface area contributed by atoms with Gasteiger partial charge >= 0.3 is 6.09 Å². The second-order valence-electron chi connectivity index (χ2n) is 10.3. The molecule has 2 heterocycles. The van der Waals surface area contributed by atoms with Crippen molar-refractivity contribution >= 4 is 49.4 Å². The molecule has 5 aromatic rings. The maximum absolute atomic E-state index is 13.5. The Hall–Kier alpha value is -4.17. The van der Waals surface area contributed by atoms with Crippen LogP contribution in [-0.2, 0) is 14.8 Å². The number of rotatable bonds is 4. The molecular formula is C30H29N3O4S. The molecule has 0 unspecified atom stereocenters. The highest BCUT2D eigenvalue weighted by Crippen LogP contribution is 2.44. The third-order valence-electron chi connectivity index (χ3n) is 6.09. The lowest BCUT2D eigenvalue weighted by Crippen LogP contribution is -2.27. The van der Waals surface area contributed by atoms with E-state index in [9.17, 15) is 13.2 Å². The van der Waals surface area contributed by atoms with E-state index >= 15 is 0 Å². The lowest BCUT2D eigenvalue weighted by atomic mass is 9.98. The zero-order valence-electron chi connectivity index (χ0n) is 22.0.